The standard InChI is InChI=1S/C27H27N3O6/c1-5-36-19-10-8-18(9-11-19)23-21(24(31)20-15(2)22(27(34)35-4)29-16(20)3)25(32)26(33)30(23)14-17-7-6-12-28-13-17/h6-13,23,29,31H,5,14H2,1-4H3. The second kappa shape index (κ2) is 10.1. The van der Waals surface area contributed by atoms with Gasteiger partial charge in [-0.1, -0.05) is 17.9 Å². The second-order valence-corrected chi connectivity index (χ2v) is 8.44. The van der Waals surface area contributed by atoms with E-state index in [2.05, 4.69) is 9.97 Å². The van der Waals surface area contributed by atoms with Gasteiger partial charge in [0.25, 0.3) is 5.91 Å². The summed E-state index contributed by atoms with van der Waals surface area (Å²) < 4.78 is 10.3. The number of rotatable bonds is 7. The Morgan fingerprint density at radius 3 is 2.50 bits per heavy atom. The number of esters is 1. The minimum absolute atomic E-state index is 0.120. The number of amides is 1. The number of H-pyrrole nitrogens is 2. The minimum atomic E-state index is -0.913. The predicted molar refractivity (Wildman–Crippen MR) is 127 cm³/mol. The zero-order valence-electron chi connectivity index (χ0n) is 20.5. The SMILES string of the molecule is CCOc1ccc(C2C(=C([O-])c3c(C)[nH]c(C(=O)OC)c3C)C(=O)C(=O)N2Cc2ccc[nH+]c2)cc1. The van der Waals surface area contributed by atoms with E-state index >= 15 is 0 Å². The number of aromatic amines is 2. The highest BCUT2D eigenvalue weighted by Crippen LogP contribution is 2.41. The van der Waals surface area contributed by atoms with Crippen molar-refractivity contribution in [1.82, 2.24) is 9.88 Å². The molecule has 1 aliphatic heterocycles. The van der Waals surface area contributed by atoms with E-state index in [1.807, 2.05) is 13.0 Å². The molecule has 4 rings (SSSR count). The summed E-state index contributed by atoms with van der Waals surface area (Å²) in [7, 11) is 1.24. The zero-order chi connectivity index (χ0) is 26.0. The molecule has 9 heteroatoms. The van der Waals surface area contributed by atoms with Crippen molar-refractivity contribution in [1.29, 1.82) is 0 Å². The third kappa shape index (κ3) is 4.35. The second-order valence-electron chi connectivity index (χ2n) is 8.44. The van der Waals surface area contributed by atoms with E-state index in [0.29, 0.717) is 29.2 Å². The van der Waals surface area contributed by atoms with Crippen LogP contribution in [0, 0.1) is 13.8 Å². The summed E-state index contributed by atoms with van der Waals surface area (Å²) in [5.41, 5.74) is 2.28. The lowest BCUT2D eigenvalue weighted by molar-refractivity contribution is -0.378. The molecule has 1 unspecified atom stereocenters. The van der Waals surface area contributed by atoms with Crippen molar-refractivity contribution in [3.8, 4) is 5.75 Å². The van der Waals surface area contributed by atoms with Crippen LogP contribution in [-0.4, -0.2) is 41.3 Å². The number of aryl methyl sites for hydroxylation is 1. The number of hydrogen-bond acceptors (Lipinski definition) is 6. The first kappa shape index (κ1) is 24.7. The highest BCUT2D eigenvalue weighted by atomic mass is 16.5. The average molecular weight is 490 g/mol. The van der Waals surface area contributed by atoms with Crippen molar-refractivity contribution in [3.63, 3.8) is 0 Å². The summed E-state index contributed by atoms with van der Waals surface area (Å²) in [4.78, 5) is 46.0. The van der Waals surface area contributed by atoms with Gasteiger partial charge in [-0.25, -0.2) is 9.78 Å². The molecule has 186 valence electrons. The van der Waals surface area contributed by atoms with Gasteiger partial charge in [0.05, 0.1) is 26.3 Å². The van der Waals surface area contributed by atoms with Gasteiger partial charge in [0, 0.05) is 22.9 Å². The third-order valence-corrected chi connectivity index (χ3v) is 6.21. The summed E-state index contributed by atoms with van der Waals surface area (Å²) >= 11 is 0. The number of ketones is 1. The number of carbonyl (C=O) groups is 3. The van der Waals surface area contributed by atoms with Crippen LogP contribution < -0.4 is 14.8 Å². The maximum absolute atomic E-state index is 13.9. The topological polar surface area (TPSA) is 126 Å². The third-order valence-electron chi connectivity index (χ3n) is 6.21. The van der Waals surface area contributed by atoms with Gasteiger partial charge in [0.2, 0.25) is 5.78 Å². The van der Waals surface area contributed by atoms with Crippen LogP contribution in [0.3, 0.4) is 0 Å². The Balaban J connectivity index is 1.89. The lowest BCUT2D eigenvalue weighted by Gasteiger charge is -2.27. The van der Waals surface area contributed by atoms with Crippen molar-refractivity contribution in [2.45, 2.75) is 33.4 Å². The smallest absolute Gasteiger partial charge is 0.354 e. The molecule has 0 radical (unpaired) electrons. The first-order valence-electron chi connectivity index (χ1n) is 11.5. The van der Waals surface area contributed by atoms with Crippen LogP contribution in [0.1, 0.15) is 51.4 Å². The molecule has 2 aromatic heterocycles. The number of ether oxygens (including phenoxy) is 2. The molecule has 3 aromatic rings. The van der Waals surface area contributed by atoms with Gasteiger partial charge < -0.3 is 24.5 Å². The molecule has 3 heterocycles. The molecule has 0 saturated carbocycles. The Hall–Kier alpha value is -4.40. The molecule has 1 fully saturated rings. The number of benzene rings is 1. The predicted octanol–water partition coefficient (Wildman–Crippen LogP) is 2.06. The van der Waals surface area contributed by atoms with E-state index in [4.69, 9.17) is 9.47 Å². The number of nitrogens with zero attached hydrogens (tertiary/aromatic N) is 1. The van der Waals surface area contributed by atoms with Crippen LogP contribution in [0.25, 0.3) is 5.76 Å². The Labute approximate surface area is 208 Å². The number of pyridine rings is 1. The van der Waals surface area contributed by atoms with Gasteiger partial charge in [0.15, 0.2) is 12.4 Å². The summed E-state index contributed by atoms with van der Waals surface area (Å²) in [6.45, 7) is 5.72. The fraction of sp³-hybridized carbons (Fsp3) is 0.259. The maximum atomic E-state index is 13.9. The van der Waals surface area contributed by atoms with Crippen molar-refractivity contribution >= 4 is 23.4 Å². The molecule has 1 saturated heterocycles. The molecule has 2 N–H and O–H groups in total. The minimum Gasteiger partial charge on any atom is -0.872 e. The lowest BCUT2D eigenvalue weighted by atomic mass is 9.94. The van der Waals surface area contributed by atoms with E-state index < -0.39 is 29.5 Å². The highest BCUT2D eigenvalue weighted by Gasteiger charge is 2.44. The zero-order valence-corrected chi connectivity index (χ0v) is 20.5. The number of nitrogens with one attached hydrogen (secondary N) is 2. The Bertz CT molecular complexity index is 1340. The molecule has 0 spiro atoms. The molecule has 36 heavy (non-hydrogen) atoms. The summed E-state index contributed by atoms with van der Waals surface area (Å²) in [6.07, 6.45) is 3.47. The van der Waals surface area contributed by atoms with E-state index in [-0.39, 0.29) is 23.4 Å². The number of carbonyl (C=O) groups excluding carboxylic acids is 3. The van der Waals surface area contributed by atoms with E-state index in [9.17, 15) is 19.5 Å². The normalized spacial score (nSPS) is 16.9. The summed E-state index contributed by atoms with van der Waals surface area (Å²) in [5, 5.41) is 13.9. The van der Waals surface area contributed by atoms with E-state index in [1.165, 1.54) is 12.0 Å². The van der Waals surface area contributed by atoms with Gasteiger partial charge in [-0.05, 0) is 55.7 Å². The molecular formula is C27H27N3O6. The van der Waals surface area contributed by atoms with Crippen LogP contribution in [-0.2, 0) is 20.9 Å². The molecule has 9 nitrogen and oxygen atoms in total. The molecule has 0 bridgehead atoms. The fourth-order valence-corrected chi connectivity index (χ4v) is 4.55. The quantitative estimate of drug-likeness (QED) is 0.234. The first-order valence-corrected chi connectivity index (χ1v) is 11.5. The van der Waals surface area contributed by atoms with Gasteiger partial charge in [-0.2, -0.15) is 0 Å². The van der Waals surface area contributed by atoms with Crippen LogP contribution in [0.15, 0.2) is 54.4 Å². The summed E-state index contributed by atoms with van der Waals surface area (Å²) in [6, 6.07) is 9.68. The van der Waals surface area contributed by atoms with Crippen LogP contribution >= 0.6 is 0 Å². The number of Topliss-reactive ketones (excluding diaryl/α,β-unsaturated/α-hetero) is 1. The van der Waals surface area contributed by atoms with Crippen LogP contribution in [0.4, 0.5) is 0 Å². The van der Waals surface area contributed by atoms with Crippen LogP contribution in [0.5, 0.6) is 5.75 Å². The summed E-state index contributed by atoms with van der Waals surface area (Å²) in [5.74, 6) is -2.22. The van der Waals surface area contributed by atoms with Crippen LogP contribution in [0.2, 0.25) is 0 Å². The number of likely N-dealkylation sites (tertiary alicyclic amines) is 1. The van der Waals surface area contributed by atoms with E-state index in [1.54, 1.807) is 56.6 Å². The van der Waals surface area contributed by atoms with Gasteiger partial charge in [0.1, 0.15) is 11.4 Å². The Morgan fingerprint density at radius 1 is 1.17 bits per heavy atom. The molecule has 1 amide bonds. The average Bonchev–Trinajstić information content (AvgIpc) is 3.32. The first-order chi connectivity index (χ1) is 17.3. The van der Waals surface area contributed by atoms with E-state index in [0.717, 1.165) is 5.56 Å². The van der Waals surface area contributed by atoms with Crippen molar-refractivity contribution in [2.75, 3.05) is 13.7 Å². The monoisotopic (exact) mass is 489 g/mol. The molecule has 0 aliphatic carbocycles. The molecule has 1 aromatic carbocycles. The maximum Gasteiger partial charge on any atom is 0.354 e. The van der Waals surface area contributed by atoms with Crippen molar-refractivity contribution in [2.24, 2.45) is 0 Å². The molecular weight excluding hydrogens is 462 g/mol. The number of hydrogen-bond donors (Lipinski definition) is 1. The van der Waals surface area contributed by atoms with Gasteiger partial charge in [-0.15, -0.1) is 0 Å². The Morgan fingerprint density at radius 2 is 1.89 bits per heavy atom. The number of methoxy groups -OCH3 is 1. The Kier molecular flexibility index (Phi) is 6.91. The largest absolute Gasteiger partial charge is 0.872 e. The number of aromatic nitrogens is 2. The highest BCUT2D eigenvalue weighted by molar-refractivity contribution is 6.46. The lowest BCUT2D eigenvalue weighted by Crippen LogP contribution is -2.29. The van der Waals surface area contributed by atoms with Gasteiger partial charge >= 0.3 is 5.97 Å². The van der Waals surface area contributed by atoms with Crippen molar-refractivity contribution < 1.29 is 33.9 Å². The van der Waals surface area contributed by atoms with Crippen molar-refractivity contribution in [3.05, 3.63) is 88.0 Å². The van der Waals surface area contributed by atoms with Gasteiger partial charge in [-0.3, -0.25) is 9.59 Å². The molecule has 1 atom stereocenters. The molecule has 1 aliphatic rings. The fourth-order valence-electron chi connectivity index (χ4n) is 4.55.